The first kappa shape index (κ1) is 15.4. The molecule has 0 saturated carbocycles. The molecule has 2 N–H and O–H groups in total. The summed E-state index contributed by atoms with van der Waals surface area (Å²) in [5.41, 5.74) is 0. The number of carbonyl (C=O) groups excluding carboxylic acids is 1. The maximum absolute atomic E-state index is 11.6. The molecule has 0 aromatic carbocycles. The van der Waals surface area contributed by atoms with Gasteiger partial charge in [0, 0.05) is 39.3 Å². The Balaban J connectivity index is 2.06. The molecule has 1 rings (SSSR count). The molecule has 1 heterocycles. The largest absolute Gasteiger partial charge is 0.383 e. The molecule has 1 aliphatic heterocycles. The van der Waals surface area contributed by atoms with Crippen LogP contribution in [0.15, 0.2) is 0 Å². The van der Waals surface area contributed by atoms with Gasteiger partial charge in [0.25, 0.3) is 0 Å². The smallest absolute Gasteiger partial charge is 0.234 e. The molecule has 18 heavy (non-hydrogen) atoms. The zero-order valence-electron chi connectivity index (χ0n) is 11.4. The van der Waals surface area contributed by atoms with Crippen molar-refractivity contribution in [2.45, 2.75) is 13.0 Å². The molecule has 0 aromatic rings. The Morgan fingerprint density at radius 2 is 2.17 bits per heavy atom. The van der Waals surface area contributed by atoms with Crippen LogP contribution in [0.25, 0.3) is 0 Å². The summed E-state index contributed by atoms with van der Waals surface area (Å²) in [6.07, 6.45) is 0. The highest BCUT2D eigenvalue weighted by molar-refractivity contribution is 5.78. The van der Waals surface area contributed by atoms with E-state index in [9.17, 15) is 4.79 Å². The number of hydrogen-bond acceptors (Lipinski definition) is 5. The zero-order valence-corrected chi connectivity index (χ0v) is 11.4. The van der Waals surface area contributed by atoms with E-state index in [2.05, 4.69) is 15.5 Å². The minimum absolute atomic E-state index is 0.0341. The molecule has 1 aliphatic rings. The summed E-state index contributed by atoms with van der Waals surface area (Å²) in [4.78, 5) is 13.9. The molecule has 6 heteroatoms. The van der Waals surface area contributed by atoms with Gasteiger partial charge < -0.3 is 20.1 Å². The molecule has 1 fully saturated rings. The number of methoxy groups -OCH3 is 1. The van der Waals surface area contributed by atoms with Crippen molar-refractivity contribution in [3.63, 3.8) is 0 Å². The first-order valence-corrected chi connectivity index (χ1v) is 6.51. The minimum Gasteiger partial charge on any atom is -0.383 e. The van der Waals surface area contributed by atoms with Crippen LogP contribution in [-0.2, 0) is 14.3 Å². The number of hydrogen-bond donors (Lipinski definition) is 2. The summed E-state index contributed by atoms with van der Waals surface area (Å²) in [5.74, 6) is 0.0341. The Bertz CT molecular complexity index is 233. The lowest BCUT2D eigenvalue weighted by Crippen LogP contribution is -2.47. The van der Waals surface area contributed by atoms with Crippen molar-refractivity contribution >= 4 is 5.91 Å². The average Bonchev–Trinajstić information content (AvgIpc) is 2.35. The summed E-state index contributed by atoms with van der Waals surface area (Å²) in [6.45, 7) is 8.06. The summed E-state index contributed by atoms with van der Waals surface area (Å²) in [7, 11) is 1.64. The number of nitrogens with one attached hydrogen (secondary N) is 2. The Morgan fingerprint density at radius 1 is 1.44 bits per heavy atom. The van der Waals surface area contributed by atoms with E-state index in [1.807, 2.05) is 6.92 Å². The Labute approximate surface area is 109 Å². The van der Waals surface area contributed by atoms with E-state index < -0.39 is 0 Å². The SMILES string of the molecule is COCCNCC(=O)NC(C)CN1CCOCC1. The fraction of sp³-hybridized carbons (Fsp3) is 0.917. The van der Waals surface area contributed by atoms with Gasteiger partial charge in [-0.1, -0.05) is 0 Å². The Hall–Kier alpha value is -0.690. The third kappa shape index (κ3) is 6.90. The highest BCUT2D eigenvalue weighted by Crippen LogP contribution is 1.98. The molecule has 106 valence electrons. The molecule has 1 atom stereocenters. The lowest BCUT2D eigenvalue weighted by Gasteiger charge is -2.29. The van der Waals surface area contributed by atoms with Crippen molar-refractivity contribution in [1.82, 2.24) is 15.5 Å². The molecule has 1 unspecified atom stereocenters. The van der Waals surface area contributed by atoms with E-state index >= 15 is 0 Å². The number of amides is 1. The van der Waals surface area contributed by atoms with Gasteiger partial charge in [0.2, 0.25) is 5.91 Å². The Morgan fingerprint density at radius 3 is 2.83 bits per heavy atom. The van der Waals surface area contributed by atoms with Gasteiger partial charge in [0.15, 0.2) is 0 Å². The predicted molar refractivity (Wildman–Crippen MR) is 69.6 cm³/mol. The number of carbonyl (C=O) groups is 1. The van der Waals surface area contributed by atoms with Gasteiger partial charge in [-0.25, -0.2) is 0 Å². The van der Waals surface area contributed by atoms with Crippen molar-refractivity contribution in [1.29, 1.82) is 0 Å². The van der Waals surface area contributed by atoms with E-state index in [1.54, 1.807) is 7.11 Å². The van der Waals surface area contributed by atoms with Gasteiger partial charge in [0.05, 0.1) is 26.4 Å². The third-order valence-corrected chi connectivity index (χ3v) is 2.81. The number of morpholine rings is 1. The fourth-order valence-electron chi connectivity index (χ4n) is 1.92. The summed E-state index contributed by atoms with van der Waals surface area (Å²) < 4.78 is 10.2. The second-order valence-electron chi connectivity index (χ2n) is 4.55. The molecule has 1 saturated heterocycles. The van der Waals surface area contributed by atoms with Gasteiger partial charge >= 0.3 is 0 Å². The summed E-state index contributed by atoms with van der Waals surface area (Å²) >= 11 is 0. The molecule has 0 bridgehead atoms. The van der Waals surface area contributed by atoms with E-state index in [0.29, 0.717) is 19.7 Å². The molecule has 1 amide bonds. The molecule has 0 aromatic heterocycles. The third-order valence-electron chi connectivity index (χ3n) is 2.81. The topological polar surface area (TPSA) is 62.8 Å². The summed E-state index contributed by atoms with van der Waals surface area (Å²) in [5, 5.41) is 6.00. The average molecular weight is 259 g/mol. The van der Waals surface area contributed by atoms with Crippen LogP contribution in [0.5, 0.6) is 0 Å². The molecule has 0 radical (unpaired) electrons. The normalized spacial score (nSPS) is 18.6. The van der Waals surface area contributed by atoms with Crippen LogP contribution in [0.4, 0.5) is 0 Å². The standard InChI is InChI=1S/C12H25N3O3/c1-11(10-15-4-7-18-8-5-15)14-12(16)9-13-3-6-17-2/h11,13H,3-10H2,1-2H3,(H,14,16). The van der Waals surface area contributed by atoms with Crippen molar-refractivity contribution in [3.05, 3.63) is 0 Å². The molecular formula is C12H25N3O3. The molecule has 6 nitrogen and oxygen atoms in total. The first-order chi connectivity index (χ1) is 8.72. The molecule has 0 aliphatic carbocycles. The Kier molecular flexibility index (Phi) is 7.91. The highest BCUT2D eigenvalue weighted by atomic mass is 16.5. The second-order valence-corrected chi connectivity index (χ2v) is 4.55. The molecule has 0 spiro atoms. The van der Waals surface area contributed by atoms with Gasteiger partial charge in [-0.05, 0) is 6.92 Å². The zero-order chi connectivity index (χ0) is 13.2. The lowest BCUT2D eigenvalue weighted by atomic mass is 10.3. The lowest BCUT2D eigenvalue weighted by molar-refractivity contribution is -0.121. The van der Waals surface area contributed by atoms with Crippen molar-refractivity contribution < 1.29 is 14.3 Å². The van der Waals surface area contributed by atoms with Crippen LogP contribution in [-0.4, -0.2) is 76.5 Å². The van der Waals surface area contributed by atoms with Crippen molar-refractivity contribution in [2.75, 3.05) is 59.7 Å². The van der Waals surface area contributed by atoms with Gasteiger partial charge in [-0.15, -0.1) is 0 Å². The van der Waals surface area contributed by atoms with Gasteiger partial charge in [-0.3, -0.25) is 9.69 Å². The maximum atomic E-state index is 11.6. The number of rotatable bonds is 8. The van der Waals surface area contributed by atoms with E-state index in [-0.39, 0.29) is 11.9 Å². The predicted octanol–water partition coefficient (Wildman–Crippen LogP) is -0.941. The fourth-order valence-corrected chi connectivity index (χ4v) is 1.92. The number of nitrogens with zero attached hydrogens (tertiary/aromatic N) is 1. The van der Waals surface area contributed by atoms with Crippen LogP contribution in [0.1, 0.15) is 6.92 Å². The van der Waals surface area contributed by atoms with Crippen LogP contribution in [0.2, 0.25) is 0 Å². The van der Waals surface area contributed by atoms with Crippen LogP contribution < -0.4 is 10.6 Å². The van der Waals surface area contributed by atoms with E-state index in [0.717, 1.165) is 32.8 Å². The van der Waals surface area contributed by atoms with E-state index in [4.69, 9.17) is 9.47 Å². The van der Waals surface area contributed by atoms with Crippen molar-refractivity contribution in [3.8, 4) is 0 Å². The van der Waals surface area contributed by atoms with Crippen molar-refractivity contribution in [2.24, 2.45) is 0 Å². The van der Waals surface area contributed by atoms with Gasteiger partial charge in [-0.2, -0.15) is 0 Å². The van der Waals surface area contributed by atoms with Crippen LogP contribution in [0.3, 0.4) is 0 Å². The highest BCUT2D eigenvalue weighted by Gasteiger charge is 2.14. The first-order valence-electron chi connectivity index (χ1n) is 6.51. The quantitative estimate of drug-likeness (QED) is 0.551. The molecular weight excluding hydrogens is 234 g/mol. The second kappa shape index (κ2) is 9.27. The maximum Gasteiger partial charge on any atom is 0.234 e. The minimum atomic E-state index is 0.0341. The van der Waals surface area contributed by atoms with Crippen LogP contribution >= 0.6 is 0 Å². The number of ether oxygens (including phenoxy) is 2. The van der Waals surface area contributed by atoms with Crippen LogP contribution in [0, 0.1) is 0 Å². The monoisotopic (exact) mass is 259 g/mol. The summed E-state index contributed by atoms with van der Waals surface area (Å²) in [6, 6.07) is 0.167. The van der Waals surface area contributed by atoms with E-state index in [1.165, 1.54) is 0 Å². The van der Waals surface area contributed by atoms with Gasteiger partial charge in [0.1, 0.15) is 0 Å².